The highest BCUT2D eigenvalue weighted by molar-refractivity contribution is 6.43. The van der Waals surface area contributed by atoms with Crippen molar-refractivity contribution in [3.05, 3.63) is 91.4 Å². The maximum absolute atomic E-state index is 13.2. The molecule has 1 amide bonds. The molecule has 3 rings (SSSR count). The SMILES string of the molecule is C=C/C=C(\C(Cl)=C(/C)Cl)n1[nH]c2cc(=O)n(CC(=O)NCc3ccccn3)c(C)c2c1=O. The van der Waals surface area contributed by atoms with Crippen LogP contribution in [0.3, 0.4) is 0 Å². The van der Waals surface area contributed by atoms with Gasteiger partial charge in [-0.2, -0.15) is 0 Å². The molecule has 0 fully saturated rings. The Bertz CT molecular complexity index is 1360. The Morgan fingerprint density at radius 1 is 1.31 bits per heavy atom. The number of allylic oxidation sites excluding steroid dienone is 5. The lowest BCUT2D eigenvalue weighted by molar-refractivity contribution is -0.121. The van der Waals surface area contributed by atoms with E-state index in [-0.39, 0.29) is 40.1 Å². The Hall–Kier alpha value is -3.36. The van der Waals surface area contributed by atoms with Crippen molar-refractivity contribution in [2.75, 3.05) is 0 Å². The van der Waals surface area contributed by atoms with Crippen molar-refractivity contribution < 1.29 is 4.79 Å². The second kappa shape index (κ2) is 9.84. The van der Waals surface area contributed by atoms with Gasteiger partial charge in [0.25, 0.3) is 11.1 Å². The molecule has 0 aromatic carbocycles. The first-order chi connectivity index (χ1) is 15.2. The van der Waals surface area contributed by atoms with Crippen LogP contribution in [0.1, 0.15) is 18.3 Å². The molecule has 0 saturated carbocycles. The third-order valence-electron chi connectivity index (χ3n) is 4.76. The summed E-state index contributed by atoms with van der Waals surface area (Å²) in [6.07, 6.45) is 4.62. The normalized spacial score (nSPS) is 12.6. The van der Waals surface area contributed by atoms with Crippen molar-refractivity contribution in [2.45, 2.75) is 26.9 Å². The lowest BCUT2D eigenvalue weighted by Crippen LogP contribution is -2.33. The first kappa shape index (κ1) is 23.3. The lowest BCUT2D eigenvalue weighted by atomic mass is 10.2. The summed E-state index contributed by atoms with van der Waals surface area (Å²) in [6.45, 7) is 6.82. The number of rotatable bonds is 7. The maximum atomic E-state index is 13.2. The van der Waals surface area contributed by atoms with Gasteiger partial charge in [-0.05, 0) is 32.1 Å². The Labute approximate surface area is 193 Å². The van der Waals surface area contributed by atoms with E-state index in [1.165, 1.54) is 27.5 Å². The predicted molar refractivity (Wildman–Crippen MR) is 127 cm³/mol. The first-order valence-electron chi connectivity index (χ1n) is 9.61. The van der Waals surface area contributed by atoms with E-state index in [0.29, 0.717) is 16.9 Å². The molecule has 0 aliphatic rings. The largest absolute Gasteiger partial charge is 0.349 e. The Kier molecular flexibility index (Phi) is 7.17. The maximum Gasteiger partial charge on any atom is 0.280 e. The Balaban J connectivity index is 1.99. The van der Waals surface area contributed by atoms with E-state index in [1.807, 2.05) is 6.07 Å². The molecule has 3 heterocycles. The minimum absolute atomic E-state index is 0.155. The number of nitrogens with one attached hydrogen (secondary N) is 2. The van der Waals surface area contributed by atoms with Crippen LogP contribution < -0.4 is 16.4 Å². The fourth-order valence-electron chi connectivity index (χ4n) is 3.20. The quantitative estimate of drug-likeness (QED) is 0.514. The summed E-state index contributed by atoms with van der Waals surface area (Å²) in [6, 6.07) is 6.64. The summed E-state index contributed by atoms with van der Waals surface area (Å²) >= 11 is 12.3. The van der Waals surface area contributed by atoms with Crippen LogP contribution in [0.5, 0.6) is 0 Å². The van der Waals surface area contributed by atoms with Crippen molar-refractivity contribution in [2.24, 2.45) is 0 Å². The molecule has 0 saturated heterocycles. The molecule has 10 heteroatoms. The van der Waals surface area contributed by atoms with E-state index in [9.17, 15) is 14.4 Å². The summed E-state index contributed by atoms with van der Waals surface area (Å²) in [5.41, 5.74) is 0.761. The third kappa shape index (κ3) is 4.76. The Morgan fingerprint density at radius 3 is 2.69 bits per heavy atom. The minimum atomic E-state index is -0.440. The van der Waals surface area contributed by atoms with Gasteiger partial charge in [-0.1, -0.05) is 41.9 Å². The van der Waals surface area contributed by atoms with Gasteiger partial charge in [0.05, 0.1) is 33.9 Å². The van der Waals surface area contributed by atoms with Crippen LogP contribution in [-0.4, -0.2) is 25.2 Å². The zero-order valence-corrected chi connectivity index (χ0v) is 19.0. The summed E-state index contributed by atoms with van der Waals surface area (Å²) < 4.78 is 2.44. The van der Waals surface area contributed by atoms with E-state index in [0.717, 1.165) is 0 Å². The highest BCUT2D eigenvalue weighted by Crippen LogP contribution is 2.25. The highest BCUT2D eigenvalue weighted by atomic mass is 35.5. The summed E-state index contributed by atoms with van der Waals surface area (Å²) in [7, 11) is 0. The van der Waals surface area contributed by atoms with Crippen LogP contribution in [0.15, 0.2) is 68.8 Å². The summed E-state index contributed by atoms with van der Waals surface area (Å²) in [4.78, 5) is 42.4. The smallest absolute Gasteiger partial charge is 0.280 e. The number of hydrogen-bond acceptors (Lipinski definition) is 4. The van der Waals surface area contributed by atoms with Crippen LogP contribution in [0.4, 0.5) is 0 Å². The van der Waals surface area contributed by atoms with E-state index in [1.54, 1.807) is 32.2 Å². The van der Waals surface area contributed by atoms with Gasteiger partial charge in [0.15, 0.2) is 0 Å². The van der Waals surface area contributed by atoms with Crippen LogP contribution in [0.2, 0.25) is 0 Å². The van der Waals surface area contributed by atoms with Gasteiger partial charge in [-0.15, -0.1) is 0 Å². The number of amides is 1. The van der Waals surface area contributed by atoms with Crippen LogP contribution >= 0.6 is 23.2 Å². The number of carbonyl (C=O) groups is 1. The molecule has 3 aromatic rings. The van der Waals surface area contributed by atoms with Crippen molar-refractivity contribution in [3.63, 3.8) is 0 Å². The van der Waals surface area contributed by atoms with Gasteiger partial charge in [-0.3, -0.25) is 24.5 Å². The molecule has 0 unspecified atom stereocenters. The number of carbonyl (C=O) groups excluding carboxylic acids is 1. The fraction of sp³-hybridized carbons (Fsp3) is 0.182. The number of aromatic amines is 1. The lowest BCUT2D eigenvalue weighted by Gasteiger charge is -2.10. The molecule has 0 aliphatic heterocycles. The Morgan fingerprint density at radius 2 is 2.06 bits per heavy atom. The molecule has 0 aliphatic carbocycles. The monoisotopic (exact) mass is 473 g/mol. The summed E-state index contributed by atoms with van der Waals surface area (Å²) in [5.74, 6) is -0.382. The molecule has 32 heavy (non-hydrogen) atoms. The zero-order valence-electron chi connectivity index (χ0n) is 17.5. The van der Waals surface area contributed by atoms with E-state index >= 15 is 0 Å². The summed E-state index contributed by atoms with van der Waals surface area (Å²) in [5, 5.41) is 6.30. The molecular weight excluding hydrogens is 453 g/mol. The second-order valence-corrected chi connectivity index (χ2v) is 7.87. The number of pyridine rings is 2. The topological polar surface area (TPSA) is 102 Å². The fourth-order valence-corrected chi connectivity index (χ4v) is 3.45. The van der Waals surface area contributed by atoms with E-state index < -0.39 is 11.1 Å². The average Bonchev–Trinajstić information content (AvgIpc) is 3.09. The molecule has 0 bridgehead atoms. The molecule has 0 atom stereocenters. The first-order valence-corrected chi connectivity index (χ1v) is 10.4. The van der Waals surface area contributed by atoms with Gasteiger partial charge in [-0.25, -0.2) is 4.68 Å². The van der Waals surface area contributed by atoms with Gasteiger partial charge < -0.3 is 9.88 Å². The number of halogens is 2. The van der Waals surface area contributed by atoms with Crippen molar-refractivity contribution in [1.29, 1.82) is 0 Å². The second-order valence-electron chi connectivity index (χ2n) is 6.93. The van der Waals surface area contributed by atoms with Crippen LogP contribution in [0, 0.1) is 6.92 Å². The number of fused-ring (bicyclic) bond motifs is 1. The highest BCUT2D eigenvalue weighted by Gasteiger charge is 2.19. The molecule has 8 nitrogen and oxygen atoms in total. The minimum Gasteiger partial charge on any atom is -0.349 e. The predicted octanol–water partition coefficient (Wildman–Crippen LogP) is 3.25. The number of aryl methyl sites for hydroxylation is 1. The van der Waals surface area contributed by atoms with Crippen LogP contribution in [0.25, 0.3) is 16.6 Å². The molecule has 166 valence electrons. The van der Waals surface area contributed by atoms with Gasteiger partial charge in [0.1, 0.15) is 6.54 Å². The van der Waals surface area contributed by atoms with Gasteiger partial charge in [0.2, 0.25) is 5.91 Å². The van der Waals surface area contributed by atoms with Crippen LogP contribution in [-0.2, 0) is 17.9 Å². The zero-order chi connectivity index (χ0) is 23.4. The number of H-pyrrole nitrogens is 1. The molecule has 2 N–H and O–H groups in total. The standard InChI is InChI=1S/C22H21Cl2N5O3/c1-4-7-17(21(24)13(2)23)29-22(32)20-14(3)28(19(31)10-16(20)27-29)12-18(30)26-11-15-8-5-6-9-25-15/h4-10,27H,1,11-12H2,2-3H3,(H,26,30)/b17-7+,21-13-. The molecule has 0 radical (unpaired) electrons. The number of hydrogen-bond donors (Lipinski definition) is 2. The van der Waals surface area contributed by atoms with E-state index in [2.05, 4.69) is 22.0 Å². The van der Waals surface area contributed by atoms with Gasteiger partial charge in [0, 0.05) is 23.0 Å². The number of aromatic nitrogens is 4. The van der Waals surface area contributed by atoms with Gasteiger partial charge >= 0.3 is 0 Å². The average molecular weight is 474 g/mol. The third-order valence-corrected chi connectivity index (χ3v) is 5.52. The number of nitrogens with zero attached hydrogens (tertiary/aromatic N) is 3. The van der Waals surface area contributed by atoms with Crippen molar-refractivity contribution in [3.8, 4) is 0 Å². The molecule has 0 spiro atoms. The van der Waals surface area contributed by atoms with Crippen molar-refractivity contribution >= 4 is 45.7 Å². The molecular formula is C22H21Cl2N5O3. The van der Waals surface area contributed by atoms with Crippen molar-refractivity contribution in [1.82, 2.24) is 24.6 Å². The molecule has 3 aromatic heterocycles. The van der Waals surface area contributed by atoms with E-state index in [4.69, 9.17) is 23.2 Å².